The molecule has 1 rings (SSSR count). The predicted molar refractivity (Wildman–Crippen MR) is 98.8 cm³/mol. The van der Waals surface area contributed by atoms with Crippen molar-refractivity contribution in [1.82, 2.24) is 4.90 Å². The first-order valence-corrected chi connectivity index (χ1v) is 9.11. The number of rotatable bonds is 9. The molecule has 0 saturated heterocycles. The number of carbonyl (C=O) groups excluding carboxylic acids is 2. The van der Waals surface area contributed by atoms with Gasteiger partial charge in [0.25, 0.3) is 0 Å². The molecule has 1 aromatic rings. The van der Waals surface area contributed by atoms with Crippen LogP contribution in [0.3, 0.4) is 0 Å². The standard InChI is InChI=1S/C19H28ClNO4/c1-5-24-18(22)17(13-15-7-9-16(20)10-8-15)21(12-11-14(3)4)19(23)25-6-2/h7-10,14,17H,5-6,11-13H2,1-4H3. The summed E-state index contributed by atoms with van der Waals surface area (Å²) >= 11 is 5.92. The summed E-state index contributed by atoms with van der Waals surface area (Å²) in [4.78, 5) is 26.4. The molecule has 140 valence electrons. The molecule has 0 spiro atoms. The van der Waals surface area contributed by atoms with Crippen LogP contribution in [0.4, 0.5) is 4.79 Å². The summed E-state index contributed by atoms with van der Waals surface area (Å²) in [7, 11) is 0. The molecular weight excluding hydrogens is 342 g/mol. The summed E-state index contributed by atoms with van der Waals surface area (Å²) in [5, 5.41) is 0.624. The molecule has 1 amide bonds. The van der Waals surface area contributed by atoms with Crippen molar-refractivity contribution in [2.75, 3.05) is 19.8 Å². The van der Waals surface area contributed by atoms with E-state index in [1.807, 2.05) is 12.1 Å². The van der Waals surface area contributed by atoms with Crippen molar-refractivity contribution >= 4 is 23.7 Å². The van der Waals surface area contributed by atoms with Gasteiger partial charge in [-0.05, 0) is 43.9 Å². The number of benzene rings is 1. The Bertz CT molecular complexity index is 545. The lowest BCUT2D eigenvalue weighted by molar-refractivity contribution is -0.149. The van der Waals surface area contributed by atoms with Gasteiger partial charge >= 0.3 is 12.1 Å². The number of amides is 1. The average molecular weight is 370 g/mol. The minimum absolute atomic E-state index is 0.257. The first kappa shape index (κ1) is 21.3. The van der Waals surface area contributed by atoms with Crippen molar-refractivity contribution < 1.29 is 19.1 Å². The molecule has 5 nitrogen and oxygen atoms in total. The van der Waals surface area contributed by atoms with Gasteiger partial charge in [-0.1, -0.05) is 37.6 Å². The lowest BCUT2D eigenvalue weighted by Gasteiger charge is -2.30. The smallest absolute Gasteiger partial charge is 0.410 e. The van der Waals surface area contributed by atoms with Gasteiger partial charge in [-0.25, -0.2) is 9.59 Å². The van der Waals surface area contributed by atoms with Crippen LogP contribution in [0.2, 0.25) is 5.02 Å². The molecule has 1 unspecified atom stereocenters. The van der Waals surface area contributed by atoms with E-state index in [2.05, 4.69) is 13.8 Å². The van der Waals surface area contributed by atoms with E-state index in [0.29, 0.717) is 23.9 Å². The van der Waals surface area contributed by atoms with Gasteiger partial charge in [0.1, 0.15) is 6.04 Å². The van der Waals surface area contributed by atoms with Crippen LogP contribution in [-0.2, 0) is 20.7 Å². The van der Waals surface area contributed by atoms with Gasteiger partial charge in [-0.3, -0.25) is 4.90 Å². The number of hydrogen-bond acceptors (Lipinski definition) is 4. The van der Waals surface area contributed by atoms with E-state index in [4.69, 9.17) is 21.1 Å². The Kier molecular flexibility index (Phi) is 9.35. The Morgan fingerprint density at radius 1 is 1.08 bits per heavy atom. The van der Waals surface area contributed by atoms with Crippen molar-refractivity contribution in [3.63, 3.8) is 0 Å². The molecule has 0 radical (unpaired) electrons. The molecular formula is C19H28ClNO4. The van der Waals surface area contributed by atoms with Gasteiger partial charge in [0, 0.05) is 18.0 Å². The minimum atomic E-state index is -0.723. The summed E-state index contributed by atoms with van der Waals surface area (Å²) < 4.78 is 10.4. The van der Waals surface area contributed by atoms with Gasteiger partial charge in [0.05, 0.1) is 13.2 Å². The molecule has 1 aromatic carbocycles. The largest absolute Gasteiger partial charge is 0.464 e. The van der Waals surface area contributed by atoms with E-state index in [-0.39, 0.29) is 13.2 Å². The van der Waals surface area contributed by atoms with Crippen LogP contribution in [0, 0.1) is 5.92 Å². The molecule has 0 N–H and O–H groups in total. The maximum Gasteiger partial charge on any atom is 0.410 e. The van der Waals surface area contributed by atoms with Crippen molar-refractivity contribution in [2.45, 2.75) is 46.6 Å². The van der Waals surface area contributed by atoms with Gasteiger partial charge in [0.15, 0.2) is 0 Å². The first-order chi connectivity index (χ1) is 11.9. The summed E-state index contributed by atoms with van der Waals surface area (Å²) in [6, 6.07) is 6.50. The number of nitrogens with zero attached hydrogens (tertiary/aromatic N) is 1. The van der Waals surface area contributed by atoms with Crippen LogP contribution in [-0.4, -0.2) is 42.8 Å². The zero-order valence-electron chi connectivity index (χ0n) is 15.5. The first-order valence-electron chi connectivity index (χ1n) is 8.73. The quantitative estimate of drug-likeness (QED) is 0.608. The Morgan fingerprint density at radius 2 is 1.68 bits per heavy atom. The fourth-order valence-electron chi connectivity index (χ4n) is 2.38. The lowest BCUT2D eigenvalue weighted by atomic mass is 10.0. The van der Waals surface area contributed by atoms with Crippen molar-refractivity contribution in [3.8, 4) is 0 Å². The van der Waals surface area contributed by atoms with Crippen molar-refractivity contribution in [2.24, 2.45) is 5.92 Å². The third-order valence-corrected chi connectivity index (χ3v) is 3.98. The normalized spacial score (nSPS) is 11.9. The van der Waals surface area contributed by atoms with Crippen molar-refractivity contribution in [3.05, 3.63) is 34.9 Å². The Labute approximate surface area is 155 Å². The molecule has 0 aliphatic carbocycles. The van der Waals surface area contributed by atoms with E-state index < -0.39 is 18.1 Å². The molecule has 0 saturated carbocycles. The zero-order valence-corrected chi connectivity index (χ0v) is 16.2. The molecule has 6 heteroatoms. The molecule has 0 bridgehead atoms. The number of carbonyl (C=O) groups is 2. The average Bonchev–Trinajstić information content (AvgIpc) is 2.56. The SMILES string of the molecule is CCOC(=O)C(Cc1ccc(Cl)cc1)N(CCC(C)C)C(=O)OCC. The minimum Gasteiger partial charge on any atom is -0.464 e. The predicted octanol–water partition coefficient (Wildman–Crippen LogP) is 4.32. The van der Waals surface area contributed by atoms with Crippen LogP contribution < -0.4 is 0 Å². The zero-order chi connectivity index (χ0) is 18.8. The Balaban J connectivity index is 3.06. The molecule has 0 aromatic heterocycles. The Hall–Kier alpha value is -1.75. The maximum atomic E-state index is 12.5. The second-order valence-electron chi connectivity index (χ2n) is 6.17. The summed E-state index contributed by atoms with van der Waals surface area (Å²) in [6.45, 7) is 8.60. The van der Waals surface area contributed by atoms with E-state index in [9.17, 15) is 9.59 Å². The topological polar surface area (TPSA) is 55.8 Å². The van der Waals surface area contributed by atoms with E-state index in [1.165, 1.54) is 4.90 Å². The second kappa shape index (κ2) is 11.0. The van der Waals surface area contributed by atoms with Crippen LogP contribution in [0.5, 0.6) is 0 Å². The highest BCUT2D eigenvalue weighted by molar-refractivity contribution is 6.30. The summed E-state index contributed by atoms with van der Waals surface area (Å²) in [6.07, 6.45) is 0.637. The summed E-state index contributed by atoms with van der Waals surface area (Å²) in [5.41, 5.74) is 0.904. The van der Waals surface area contributed by atoms with Crippen LogP contribution in [0.1, 0.15) is 39.7 Å². The second-order valence-corrected chi connectivity index (χ2v) is 6.61. The highest BCUT2D eigenvalue weighted by Gasteiger charge is 2.32. The van der Waals surface area contributed by atoms with E-state index in [0.717, 1.165) is 12.0 Å². The number of esters is 1. The third-order valence-electron chi connectivity index (χ3n) is 3.73. The number of ether oxygens (including phenoxy) is 2. The number of halogens is 1. The lowest BCUT2D eigenvalue weighted by Crippen LogP contribution is -2.48. The van der Waals surface area contributed by atoms with Crippen molar-refractivity contribution in [1.29, 1.82) is 0 Å². The Morgan fingerprint density at radius 3 is 2.20 bits per heavy atom. The van der Waals surface area contributed by atoms with Crippen LogP contribution >= 0.6 is 11.6 Å². The molecule has 0 heterocycles. The monoisotopic (exact) mass is 369 g/mol. The van der Waals surface area contributed by atoms with Gasteiger partial charge in [-0.15, -0.1) is 0 Å². The van der Waals surface area contributed by atoms with Gasteiger partial charge < -0.3 is 9.47 Å². The number of hydrogen-bond donors (Lipinski definition) is 0. The van der Waals surface area contributed by atoms with Crippen LogP contribution in [0.15, 0.2) is 24.3 Å². The summed E-state index contributed by atoms with van der Waals surface area (Å²) in [5.74, 6) is -0.0236. The maximum absolute atomic E-state index is 12.5. The van der Waals surface area contributed by atoms with Gasteiger partial charge in [-0.2, -0.15) is 0 Å². The fraction of sp³-hybridized carbons (Fsp3) is 0.579. The van der Waals surface area contributed by atoms with E-state index >= 15 is 0 Å². The molecule has 0 fully saturated rings. The molecule has 25 heavy (non-hydrogen) atoms. The third kappa shape index (κ3) is 7.34. The highest BCUT2D eigenvalue weighted by Crippen LogP contribution is 2.17. The highest BCUT2D eigenvalue weighted by atomic mass is 35.5. The van der Waals surface area contributed by atoms with E-state index in [1.54, 1.807) is 26.0 Å². The fourth-order valence-corrected chi connectivity index (χ4v) is 2.51. The molecule has 1 atom stereocenters. The molecule has 0 aliphatic heterocycles. The van der Waals surface area contributed by atoms with Crippen LogP contribution in [0.25, 0.3) is 0 Å². The van der Waals surface area contributed by atoms with Gasteiger partial charge in [0.2, 0.25) is 0 Å². The molecule has 0 aliphatic rings.